The zero-order valence-corrected chi connectivity index (χ0v) is 14.7. The number of amides is 1. The molecule has 4 rings (SSSR count). The first kappa shape index (κ1) is 16.3. The molecule has 3 heterocycles. The second-order valence-electron chi connectivity index (χ2n) is 7.23. The maximum absolute atomic E-state index is 12.8. The molecule has 2 aliphatic rings. The molecule has 0 unspecified atom stereocenters. The molecular weight excluding hydrogens is 314 g/mol. The first-order valence-corrected chi connectivity index (χ1v) is 9.57. The molecule has 0 aliphatic carbocycles. The lowest BCUT2D eigenvalue weighted by atomic mass is 10.1. The van der Waals surface area contributed by atoms with Crippen LogP contribution in [0.15, 0.2) is 23.0 Å². The number of hydrogen-bond acceptors (Lipinski definition) is 3. The molecule has 1 fully saturated rings. The van der Waals surface area contributed by atoms with Crippen molar-refractivity contribution in [3.05, 3.63) is 39.9 Å². The molecule has 0 bridgehead atoms. The Morgan fingerprint density at radius 1 is 0.920 bits per heavy atom. The van der Waals surface area contributed by atoms with Gasteiger partial charge in [-0.3, -0.25) is 14.2 Å². The monoisotopic (exact) mass is 339 g/mol. The normalized spacial score (nSPS) is 18.5. The number of carbonyl (C=O) groups excluding carboxylic acids is 1. The van der Waals surface area contributed by atoms with Crippen molar-refractivity contribution in [2.45, 2.75) is 57.9 Å². The van der Waals surface area contributed by atoms with E-state index in [-0.39, 0.29) is 11.5 Å². The Kier molecular flexibility index (Phi) is 4.55. The van der Waals surface area contributed by atoms with Gasteiger partial charge in [0.2, 0.25) is 0 Å². The number of benzene rings is 1. The standard InChI is InChI=1S/C20H25N3O2/c24-19(22-11-5-3-6-12-22)15-9-10-16-17(14-15)21-18-8-4-1-2-7-13-23(18)20(16)25/h9-10,14H,1-8,11-13H2. The van der Waals surface area contributed by atoms with E-state index < -0.39 is 0 Å². The minimum Gasteiger partial charge on any atom is -0.339 e. The molecule has 2 aliphatic heterocycles. The molecular formula is C20H25N3O2. The summed E-state index contributed by atoms with van der Waals surface area (Å²) in [5.74, 6) is 0.940. The van der Waals surface area contributed by atoms with E-state index >= 15 is 0 Å². The fourth-order valence-corrected chi connectivity index (χ4v) is 4.01. The lowest BCUT2D eigenvalue weighted by molar-refractivity contribution is 0.0724. The van der Waals surface area contributed by atoms with Gasteiger partial charge in [0.1, 0.15) is 5.82 Å². The summed E-state index contributed by atoms with van der Waals surface area (Å²) in [6, 6.07) is 5.39. The van der Waals surface area contributed by atoms with Crippen LogP contribution in [0.3, 0.4) is 0 Å². The van der Waals surface area contributed by atoms with Crippen LogP contribution in [0.4, 0.5) is 0 Å². The number of hydrogen-bond donors (Lipinski definition) is 0. The minimum atomic E-state index is 0.0406. The zero-order chi connectivity index (χ0) is 17.2. The molecule has 0 saturated carbocycles. The van der Waals surface area contributed by atoms with Crippen molar-refractivity contribution in [1.82, 2.24) is 14.5 Å². The van der Waals surface area contributed by atoms with Crippen LogP contribution in [-0.2, 0) is 13.0 Å². The number of carbonyl (C=O) groups is 1. The molecule has 5 nitrogen and oxygen atoms in total. The van der Waals surface area contributed by atoms with E-state index in [9.17, 15) is 9.59 Å². The van der Waals surface area contributed by atoms with Crippen LogP contribution in [0, 0.1) is 0 Å². The van der Waals surface area contributed by atoms with E-state index in [1.807, 2.05) is 15.5 Å². The molecule has 1 saturated heterocycles. The molecule has 1 amide bonds. The van der Waals surface area contributed by atoms with Gasteiger partial charge in [-0.2, -0.15) is 0 Å². The van der Waals surface area contributed by atoms with Gasteiger partial charge < -0.3 is 4.90 Å². The number of nitrogens with zero attached hydrogens (tertiary/aromatic N) is 3. The van der Waals surface area contributed by atoms with Gasteiger partial charge in [0.05, 0.1) is 10.9 Å². The van der Waals surface area contributed by atoms with Crippen LogP contribution in [0.5, 0.6) is 0 Å². The lowest BCUT2D eigenvalue weighted by Crippen LogP contribution is -2.35. The van der Waals surface area contributed by atoms with Gasteiger partial charge in [-0.25, -0.2) is 4.98 Å². The second-order valence-corrected chi connectivity index (χ2v) is 7.23. The van der Waals surface area contributed by atoms with Crippen molar-refractivity contribution in [1.29, 1.82) is 0 Å². The van der Waals surface area contributed by atoms with Crippen molar-refractivity contribution < 1.29 is 4.79 Å². The van der Waals surface area contributed by atoms with Gasteiger partial charge in [-0.1, -0.05) is 12.8 Å². The highest BCUT2D eigenvalue weighted by molar-refractivity contribution is 5.97. The first-order chi connectivity index (χ1) is 12.2. The number of rotatable bonds is 1. The van der Waals surface area contributed by atoms with Crippen LogP contribution in [-0.4, -0.2) is 33.4 Å². The van der Waals surface area contributed by atoms with E-state index in [1.54, 1.807) is 12.1 Å². The summed E-state index contributed by atoms with van der Waals surface area (Å²) in [5.41, 5.74) is 1.36. The molecule has 2 aromatic rings. The van der Waals surface area contributed by atoms with Crippen LogP contribution in [0.1, 0.15) is 61.1 Å². The van der Waals surface area contributed by atoms with Crippen molar-refractivity contribution in [3.8, 4) is 0 Å². The molecule has 25 heavy (non-hydrogen) atoms. The van der Waals surface area contributed by atoms with Crippen LogP contribution in [0.2, 0.25) is 0 Å². The fourth-order valence-electron chi connectivity index (χ4n) is 4.01. The molecule has 0 radical (unpaired) electrons. The smallest absolute Gasteiger partial charge is 0.261 e. The third kappa shape index (κ3) is 3.20. The predicted molar refractivity (Wildman–Crippen MR) is 97.9 cm³/mol. The molecule has 1 aromatic heterocycles. The summed E-state index contributed by atoms with van der Waals surface area (Å²) in [6.45, 7) is 2.42. The van der Waals surface area contributed by atoms with E-state index in [0.717, 1.165) is 57.6 Å². The summed E-state index contributed by atoms with van der Waals surface area (Å²) in [7, 11) is 0. The van der Waals surface area contributed by atoms with Gasteiger partial charge in [0.15, 0.2) is 0 Å². The summed E-state index contributed by atoms with van der Waals surface area (Å²) < 4.78 is 1.84. The third-order valence-electron chi connectivity index (χ3n) is 5.46. The first-order valence-electron chi connectivity index (χ1n) is 9.57. The van der Waals surface area contributed by atoms with E-state index in [2.05, 4.69) is 0 Å². The average molecular weight is 339 g/mol. The Hall–Kier alpha value is -2.17. The maximum Gasteiger partial charge on any atom is 0.261 e. The Morgan fingerprint density at radius 3 is 2.48 bits per heavy atom. The highest BCUT2D eigenvalue weighted by atomic mass is 16.2. The Bertz CT molecular complexity index is 850. The molecule has 0 N–H and O–H groups in total. The van der Waals surface area contributed by atoms with E-state index in [1.165, 1.54) is 19.3 Å². The fraction of sp³-hybridized carbons (Fsp3) is 0.550. The number of fused-ring (bicyclic) bond motifs is 2. The Morgan fingerprint density at radius 2 is 1.64 bits per heavy atom. The highest BCUT2D eigenvalue weighted by Crippen LogP contribution is 2.18. The minimum absolute atomic E-state index is 0.0406. The summed E-state index contributed by atoms with van der Waals surface area (Å²) in [6.07, 6.45) is 8.67. The number of aromatic nitrogens is 2. The van der Waals surface area contributed by atoms with Crippen LogP contribution >= 0.6 is 0 Å². The average Bonchev–Trinajstić information content (AvgIpc) is 2.63. The molecule has 0 spiro atoms. The third-order valence-corrected chi connectivity index (χ3v) is 5.46. The second kappa shape index (κ2) is 6.98. The predicted octanol–water partition coefficient (Wildman–Crippen LogP) is 3.14. The number of aryl methyl sites for hydroxylation is 1. The van der Waals surface area contributed by atoms with Crippen LogP contribution in [0.25, 0.3) is 10.9 Å². The highest BCUT2D eigenvalue weighted by Gasteiger charge is 2.20. The molecule has 1 aromatic carbocycles. The SMILES string of the molecule is O=C(c1ccc2c(=O)n3c(nc2c1)CCCCCC3)N1CCCCC1. The largest absolute Gasteiger partial charge is 0.339 e. The summed E-state index contributed by atoms with van der Waals surface area (Å²) in [4.78, 5) is 32.3. The zero-order valence-electron chi connectivity index (χ0n) is 14.7. The Labute approximate surface area is 147 Å². The van der Waals surface area contributed by atoms with Crippen molar-refractivity contribution >= 4 is 16.8 Å². The molecule has 0 atom stereocenters. The molecule has 5 heteroatoms. The maximum atomic E-state index is 12.8. The topological polar surface area (TPSA) is 55.2 Å². The lowest BCUT2D eigenvalue weighted by Gasteiger charge is -2.26. The van der Waals surface area contributed by atoms with Gasteiger partial charge >= 0.3 is 0 Å². The van der Waals surface area contributed by atoms with Gasteiger partial charge in [-0.05, 0) is 50.3 Å². The van der Waals surface area contributed by atoms with E-state index in [0.29, 0.717) is 16.5 Å². The van der Waals surface area contributed by atoms with Gasteiger partial charge in [0, 0.05) is 31.6 Å². The van der Waals surface area contributed by atoms with Crippen molar-refractivity contribution in [2.24, 2.45) is 0 Å². The van der Waals surface area contributed by atoms with Crippen LogP contribution < -0.4 is 5.56 Å². The van der Waals surface area contributed by atoms with Gasteiger partial charge in [-0.15, -0.1) is 0 Å². The van der Waals surface area contributed by atoms with Crippen molar-refractivity contribution in [3.63, 3.8) is 0 Å². The summed E-state index contributed by atoms with van der Waals surface area (Å²) >= 11 is 0. The van der Waals surface area contributed by atoms with E-state index in [4.69, 9.17) is 4.98 Å². The quantitative estimate of drug-likeness (QED) is 0.802. The van der Waals surface area contributed by atoms with Gasteiger partial charge in [0.25, 0.3) is 11.5 Å². The van der Waals surface area contributed by atoms with Crippen molar-refractivity contribution in [2.75, 3.05) is 13.1 Å². The number of piperidine rings is 1. The summed E-state index contributed by atoms with van der Waals surface area (Å²) in [5, 5.41) is 0.625. The Balaban J connectivity index is 1.73. The number of likely N-dealkylation sites (tertiary alicyclic amines) is 1. The molecule has 132 valence electrons.